The van der Waals surface area contributed by atoms with Crippen LogP contribution in [0.4, 0.5) is 0 Å². The molecule has 4 aromatic rings. The molecule has 2 heterocycles. The smallest absolute Gasteiger partial charge is 0.264 e. The van der Waals surface area contributed by atoms with Gasteiger partial charge in [-0.3, -0.25) is 14.2 Å². The molecule has 0 unspecified atom stereocenters. The monoisotopic (exact) mass is 489 g/mol. The van der Waals surface area contributed by atoms with Crippen molar-refractivity contribution in [3.8, 4) is 0 Å². The maximum absolute atomic E-state index is 13.7. The summed E-state index contributed by atoms with van der Waals surface area (Å²) in [5.41, 5.74) is 9.08. The topological polar surface area (TPSA) is 94.1 Å². The van der Waals surface area contributed by atoms with Gasteiger partial charge in [0.05, 0.1) is 23.7 Å². The SMILES string of the molecule is CC[C@@H](c1nc2snc(C)c2c(=O)n1Cc1ccccc1)N(CCCN)C(=O)c1ccc(C)cc1. The Morgan fingerprint density at radius 3 is 2.49 bits per heavy atom. The Hall–Kier alpha value is -3.36. The largest absolute Gasteiger partial charge is 0.330 e. The quantitative estimate of drug-likeness (QED) is 0.375. The van der Waals surface area contributed by atoms with E-state index in [2.05, 4.69) is 4.37 Å². The van der Waals surface area contributed by atoms with E-state index in [9.17, 15) is 9.59 Å². The molecule has 2 aromatic heterocycles. The highest BCUT2D eigenvalue weighted by molar-refractivity contribution is 7.12. The lowest BCUT2D eigenvalue weighted by atomic mass is 10.1. The molecule has 0 bridgehead atoms. The lowest BCUT2D eigenvalue weighted by Gasteiger charge is -2.32. The standard InChI is InChI=1S/C27H31N5O2S/c1-4-22(31(16-8-15-28)26(33)21-13-11-18(2)12-14-21)24-29-25-23(19(3)30-35-25)27(34)32(24)17-20-9-6-5-7-10-20/h5-7,9-14,22H,4,8,15-17,28H2,1-3H3/t22-/m0/s1. The summed E-state index contributed by atoms with van der Waals surface area (Å²) >= 11 is 1.22. The second-order valence-corrected chi connectivity index (χ2v) is 9.48. The summed E-state index contributed by atoms with van der Waals surface area (Å²) in [6.45, 7) is 7.15. The van der Waals surface area contributed by atoms with Gasteiger partial charge in [0.2, 0.25) is 0 Å². The number of nitrogens with two attached hydrogens (primary N) is 1. The van der Waals surface area contributed by atoms with Gasteiger partial charge in [0, 0.05) is 12.1 Å². The number of nitrogens with zero attached hydrogens (tertiary/aromatic N) is 4. The fourth-order valence-electron chi connectivity index (χ4n) is 4.32. The van der Waals surface area contributed by atoms with Gasteiger partial charge in [-0.05, 0) is 62.5 Å². The molecular weight excluding hydrogens is 458 g/mol. The summed E-state index contributed by atoms with van der Waals surface area (Å²) in [4.78, 5) is 34.8. The number of fused-ring (bicyclic) bond motifs is 1. The first-order valence-corrected chi connectivity index (χ1v) is 12.7. The van der Waals surface area contributed by atoms with Crippen molar-refractivity contribution in [3.63, 3.8) is 0 Å². The number of carbonyl (C=O) groups excluding carboxylic acids is 1. The second kappa shape index (κ2) is 10.9. The summed E-state index contributed by atoms with van der Waals surface area (Å²) in [6.07, 6.45) is 1.26. The summed E-state index contributed by atoms with van der Waals surface area (Å²) in [5, 5.41) is 0.544. The minimum absolute atomic E-state index is 0.0913. The first-order valence-electron chi connectivity index (χ1n) is 11.9. The van der Waals surface area contributed by atoms with Crippen LogP contribution < -0.4 is 11.3 Å². The van der Waals surface area contributed by atoms with Crippen LogP contribution in [0.2, 0.25) is 0 Å². The fraction of sp³-hybridized carbons (Fsp3) is 0.333. The van der Waals surface area contributed by atoms with E-state index in [1.165, 1.54) is 11.5 Å². The Kier molecular flexibility index (Phi) is 7.73. The number of benzene rings is 2. The van der Waals surface area contributed by atoms with Crippen LogP contribution in [0.5, 0.6) is 0 Å². The molecule has 0 aliphatic rings. The molecule has 2 N–H and O–H groups in total. The van der Waals surface area contributed by atoms with Crippen LogP contribution in [-0.4, -0.2) is 37.8 Å². The molecule has 0 radical (unpaired) electrons. The molecule has 0 saturated heterocycles. The fourth-order valence-corrected chi connectivity index (χ4v) is 5.10. The van der Waals surface area contributed by atoms with Crippen molar-refractivity contribution < 1.29 is 4.79 Å². The molecule has 0 saturated carbocycles. The summed E-state index contributed by atoms with van der Waals surface area (Å²) in [7, 11) is 0. The predicted molar refractivity (Wildman–Crippen MR) is 141 cm³/mol. The number of amides is 1. The van der Waals surface area contributed by atoms with Gasteiger partial charge in [0.25, 0.3) is 11.5 Å². The molecule has 7 nitrogen and oxygen atoms in total. The van der Waals surface area contributed by atoms with E-state index < -0.39 is 6.04 Å². The van der Waals surface area contributed by atoms with Crippen LogP contribution in [0.15, 0.2) is 59.4 Å². The Balaban J connectivity index is 1.86. The molecule has 2 aromatic carbocycles. The second-order valence-electron chi connectivity index (χ2n) is 8.73. The van der Waals surface area contributed by atoms with Gasteiger partial charge in [-0.15, -0.1) is 0 Å². The first kappa shape index (κ1) is 24.8. The Bertz CT molecular complexity index is 1360. The molecule has 1 amide bonds. The Morgan fingerprint density at radius 1 is 1.11 bits per heavy atom. The molecule has 182 valence electrons. The maximum atomic E-state index is 13.7. The van der Waals surface area contributed by atoms with Crippen molar-refractivity contribution in [3.05, 3.63) is 93.2 Å². The molecule has 35 heavy (non-hydrogen) atoms. The molecule has 0 aliphatic carbocycles. The molecule has 0 aliphatic heterocycles. The summed E-state index contributed by atoms with van der Waals surface area (Å²) < 4.78 is 6.10. The van der Waals surface area contributed by atoms with Gasteiger partial charge in [-0.25, -0.2) is 4.98 Å². The average molecular weight is 490 g/mol. The van der Waals surface area contributed by atoms with Crippen molar-refractivity contribution in [2.24, 2.45) is 5.73 Å². The van der Waals surface area contributed by atoms with E-state index in [-0.39, 0.29) is 11.5 Å². The van der Waals surface area contributed by atoms with Crippen LogP contribution in [0, 0.1) is 13.8 Å². The van der Waals surface area contributed by atoms with E-state index in [4.69, 9.17) is 10.7 Å². The van der Waals surface area contributed by atoms with Crippen molar-refractivity contribution in [2.45, 2.75) is 46.2 Å². The lowest BCUT2D eigenvalue weighted by Crippen LogP contribution is -2.40. The summed E-state index contributed by atoms with van der Waals surface area (Å²) in [5.74, 6) is 0.487. The van der Waals surface area contributed by atoms with E-state index in [0.29, 0.717) is 59.8 Å². The molecule has 4 rings (SSSR count). The van der Waals surface area contributed by atoms with Crippen LogP contribution in [0.3, 0.4) is 0 Å². The van der Waals surface area contributed by atoms with Gasteiger partial charge in [-0.1, -0.05) is 55.0 Å². The third-order valence-corrected chi connectivity index (χ3v) is 7.04. The van der Waals surface area contributed by atoms with E-state index in [0.717, 1.165) is 11.1 Å². The van der Waals surface area contributed by atoms with Crippen molar-refractivity contribution in [1.82, 2.24) is 18.8 Å². The van der Waals surface area contributed by atoms with E-state index in [1.54, 1.807) is 4.57 Å². The Morgan fingerprint density at radius 2 is 1.83 bits per heavy atom. The highest BCUT2D eigenvalue weighted by Gasteiger charge is 2.29. The number of aryl methyl sites for hydroxylation is 2. The van der Waals surface area contributed by atoms with Crippen LogP contribution in [0.25, 0.3) is 10.2 Å². The average Bonchev–Trinajstić information content (AvgIpc) is 3.25. The maximum Gasteiger partial charge on any atom is 0.264 e. The van der Waals surface area contributed by atoms with Crippen LogP contribution >= 0.6 is 11.5 Å². The Labute approximate surface area is 209 Å². The zero-order chi connectivity index (χ0) is 24.9. The zero-order valence-electron chi connectivity index (χ0n) is 20.4. The minimum Gasteiger partial charge on any atom is -0.330 e. The molecule has 1 atom stereocenters. The van der Waals surface area contributed by atoms with Crippen molar-refractivity contribution in [1.29, 1.82) is 0 Å². The first-order chi connectivity index (χ1) is 16.9. The highest BCUT2D eigenvalue weighted by atomic mass is 32.1. The number of rotatable bonds is 9. The molecular formula is C27H31N5O2S. The molecule has 0 spiro atoms. The number of aromatic nitrogens is 3. The number of carbonyl (C=O) groups is 1. The number of hydrogen-bond donors (Lipinski definition) is 1. The van der Waals surface area contributed by atoms with Gasteiger partial charge < -0.3 is 10.6 Å². The summed E-state index contributed by atoms with van der Waals surface area (Å²) in [6, 6.07) is 17.0. The van der Waals surface area contributed by atoms with Gasteiger partial charge >= 0.3 is 0 Å². The minimum atomic E-state index is -0.390. The van der Waals surface area contributed by atoms with Crippen LogP contribution in [0.1, 0.15) is 58.8 Å². The van der Waals surface area contributed by atoms with E-state index in [1.807, 2.05) is 80.3 Å². The third kappa shape index (κ3) is 5.18. The molecule has 8 heteroatoms. The predicted octanol–water partition coefficient (Wildman–Crippen LogP) is 4.46. The van der Waals surface area contributed by atoms with Crippen molar-refractivity contribution in [2.75, 3.05) is 13.1 Å². The van der Waals surface area contributed by atoms with Crippen LogP contribution in [-0.2, 0) is 6.54 Å². The normalized spacial score (nSPS) is 12.1. The third-order valence-electron chi connectivity index (χ3n) is 6.20. The highest BCUT2D eigenvalue weighted by Crippen LogP contribution is 2.28. The van der Waals surface area contributed by atoms with E-state index >= 15 is 0 Å². The molecule has 0 fully saturated rings. The van der Waals surface area contributed by atoms with Gasteiger partial charge in [0.15, 0.2) is 4.83 Å². The lowest BCUT2D eigenvalue weighted by molar-refractivity contribution is 0.0656. The number of hydrogen-bond acceptors (Lipinski definition) is 6. The van der Waals surface area contributed by atoms with Crippen molar-refractivity contribution >= 4 is 27.7 Å². The zero-order valence-corrected chi connectivity index (χ0v) is 21.2. The van der Waals surface area contributed by atoms with Gasteiger partial charge in [-0.2, -0.15) is 4.37 Å². The van der Waals surface area contributed by atoms with Gasteiger partial charge in [0.1, 0.15) is 5.82 Å².